The van der Waals surface area contributed by atoms with Crippen molar-refractivity contribution in [2.45, 2.75) is 6.92 Å². The number of carbonyl (C=O) groups is 1. The Morgan fingerprint density at radius 3 is 2.42 bits per heavy atom. The van der Waals surface area contributed by atoms with Crippen molar-refractivity contribution in [3.63, 3.8) is 0 Å². The molecule has 0 saturated heterocycles. The minimum Gasteiger partial charge on any atom is -0.329 e. The Bertz CT molecular complexity index is 287. The fourth-order valence-corrected chi connectivity index (χ4v) is 0.919. The molecule has 0 aliphatic rings. The monoisotopic (exact) mass is 161 g/mol. The zero-order valence-electron chi connectivity index (χ0n) is 7.00. The summed E-state index contributed by atoms with van der Waals surface area (Å²) in [6, 6.07) is 7.54. The van der Waals surface area contributed by atoms with Gasteiger partial charge in [0.1, 0.15) is 0 Å². The molecule has 1 rings (SSSR count). The summed E-state index contributed by atoms with van der Waals surface area (Å²) in [5.41, 5.74) is 2.91. The van der Waals surface area contributed by atoms with E-state index in [9.17, 15) is 4.79 Å². The molecule has 2 heteroatoms. The smallest absolute Gasteiger partial charge is 0.211 e. The molecule has 1 amide bonds. The first kappa shape index (κ1) is 8.53. The maximum atomic E-state index is 10.1. The van der Waals surface area contributed by atoms with Gasteiger partial charge in [-0.2, -0.15) is 0 Å². The molecule has 1 aromatic carbocycles. The maximum Gasteiger partial charge on any atom is 0.211 e. The normalized spacial score (nSPS) is 9.08. The number of carbonyl (C=O) groups excluding carboxylic acids is 1. The molecule has 0 aliphatic carbocycles. The summed E-state index contributed by atoms with van der Waals surface area (Å²) in [6.45, 7) is 5.76. The maximum absolute atomic E-state index is 10.1. The highest BCUT2D eigenvalue weighted by molar-refractivity contribution is 5.72. The third-order valence-corrected chi connectivity index (χ3v) is 1.60. The highest BCUT2D eigenvalue weighted by atomic mass is 16.1. The minimum absolute atomic E-state index is 0.662. The summed E-state index contributed by atoms with van der Waals surface area (Å²) in [6.07, 6.45) is 0.662. The molecule has 0 unspecified atom stereocenters. The van der Waals surface area contributed by atoms with E-state index in [-0.39, 0.29) is 0 Å². The first-order valence-electron chi connectivity index (χ1n) is 3.70. The highest BCUT2D eigenvalue weighted by Crippen LogP contribution is 2.14. The second-order valence-electron chi connectivity index (χ2n) is 2.62. The van der Waals surface area contributed by atoms with Crippen molar-refractivity contribution in [1.29, 1.82) is 0 Å². The molecule has 1 aromatic rings. The number of rotatable bonds is 3. The van der Waals surface area contributed by atoms with E-state index in [1.54, 1.807) is 0 Å². The lowest BCUT2D eigenvalue weighted by Crippen LogP contribution is -1.92. The summed E-state index contributed by atoms with van der Waals surface area (Å²) < 4.78 is 0. The number of anilines is 1. The van der Waals surface area contributed by atoms with Crippen molar-refractivity contribution in [2.75, 3.05) is 5.32 Å². The third kappa shape index (κ3) is 1.95. The molecular formula is C10H11NO. The fourth-order valence-electron chi connectivity index (χ4n) is 0.919. The number of hydrogen-bond acceptors (Lipinski definition) is 1. The number of hydrogen-bond donors (Lipinski definition) is 1. The Morgan fingerprint density at radius 1 is 1.42 bits per heavy atom. The van der Waals surface area contributed by atoms with Crippen LogP contribution < -0.4 is 5.32 Å². The average Bonchev–Trinajstić information content (AvgIpc) is 2.06. The van der Waals surface area contributed by atoms with Gasteiger partial charge < -0.3 is 5.32 Å². The van der Waals surface area contributed by atoms with Crippen LogP contribution in [0.3, 0.4) is 0 Å². The van der Waals surface area contributed by atoms with Gasteiger partial charge in [-0.15, -0.1) is 0 Å². The molecule has 0 spiro atoms. The van der Waals surface area contributed by atoms with E-state index in [2.05, 4.69) is 11.9 Å². The van der Waals surface area contributed by atoms with Gasteiger partial charge in [-0.1, -0.05) is 24.3 Å². The van der Waals surface area contributed by atoms with Gasteiger partial charge in [-0.3, -0.25) is 4.79 Å². The molecule has 12 heavy (non-hydrogen) atoms. The lowest BCUT2D eigenvalue weighted by Gasteiger charge is -2.01. The van der Waals surface area contributed by atoms with Crippen LogP contribution in [0.1, 0.15) is 12.5 Å². The molecular weight excluding hydrogens is 150 g/mol. The van der Waals surface area contributed by atoms with Crippen LogP contribution >= 0.6 is 0 Å². The van der Waals surface area contributed by atoms with E-state index in [4.69, 9.17) is 0 Å². The van der Waals surface area contributed by atoms with E-state index in [1.165, 1.54) is 0 Å². The Kier molecular flexibility index (Phi) is 2.64. The van der Waals surface area contributed by atoms with Gasteiger partial charge >= 0.3 is 0 Å². The SMILES string of the molecule is C=C(C)c1ccc(NC=O)cc1. The quantitative estimate of drug-likeness (QED) is 0.677. The molecule has 2 nitrogen and oxygen atoms in total. The van der Waals surface area contributed by atoms with Gasteiger partial charge in [-0.05, 0) is 24.6 Å². The Labute approximate surface area is 71.9 Å². The summed E-state index contributed by atoms with van der Waals surface area (Å²) in [5, 5.41) is 2.56. The molecule has 0 saturated carbocycles. The number of allylic oxidation sites excluding steroid dienone is 1. The van der Waals surface area contributed by atoms with Gasteiger partial charge in [0.15, 0.2) is 0 Å². The van der Waals surface area contributed by atoms with E-state index in [1.807, 2.05) is 31.2 Å². The van der Waals surface area contributed by atoms with Crippen LogP contribution in [0.2, 0.25) is 0 Å². The Hall–Kier alpha value is -1.57. The molecule has 62 valence electrons. The zero-order chi connectivity index (χ0) is 8.97. The Morgan fingerprint density at radius 2 is 2.00 bits per heavy atom. The van der Waals surface area contributed by atoms with E-state index >= 15 is 0 Å². The lowest BCUT2D eigenvalue weighted by molar-refractivity contribution is -0.105. The van der Waals surface area contributed by atoms with Gasteiger partial charge in [0, 0.05) is 5.69 Å². The fraction of sp³-hybridized carbons (Fsp3) is 0.100. The number of benzene rings is 1. The van der Waals surface area contributed by atoms with Crippen LogP contribution in [-0.4, -0.2) is 6.41 Å². The average molecular weight is 161 g/mol. The van der Waals surface area contributed by atoms with Gasteiger partial charge in [0.2, 0.25) is 6.41 Å². The van der Waals surface area contributed by atoms with E-state index in [0.717, 1.165) is 16.8 Å². The van der Waals surface area contributed by atoms with E-state index < -0.39 is 0 Å². The van der Waals surface area contributed by atoms with Crippen LogP contribution in [0.25, 0.3) is 5.57 Å². The van der Waals surface area contributed by atoms with E-state index in [0.29, 0.717) is 6.41 Å². The molecule has 0 atom stereocenters. The zero-order valence-corrected chi connectivity index (χ0v) is 7.00. The largest absolute Gasteiger partial charge is 0.329 e. The van der Waals surface area contributed by atoms with Crippen molar-refractivity contribution in [1.82, 2.24) is 0 Å². The van der Waals surface area contributed by atoms with Crippen molar-refractivity contribution in [3.8, 4) is 0 Å². The van der Waals surface area contributed by atoms with Crippen molar-refractivity contribution in [3.05, 3.63) is 36.4 Å². The van der Waals surface area contributed by atoms with Crippen LogP contribution in [-0.2, 0) is 4.79 Å². The minimum atomic E-state index is 0.662. The lowest BCUT2D eigenvalue weighted by atomic mass is 10.1. The summed E-state index contributed by atoms with van der Waals surface area (Å²) in [7, 11) is 0. The van der Waals surface area contributed by atoms with Crippen molar-refractivity contribution >= 4 is 17.7 Å². The van der Waals surface area contributed by atoms with Crippen molar-refractivity contribution < 1.29 is 4.79 Å². The molecule has 1 N–H and O–H groups in total. The van der Waals surface area contributed by atoms with Crippen molar-refractivity contribution in [2.24, 2.45) is 0 Å². The molecule has 0 bridgehead atoms. The number of nitrogens with one attached hydrogen (secondary N) is 1. The molecule has 0 aromatic heterocycles. The third-order valence-electron chi connectivity index (χ3n) is 1.60. The predicted octanol–water partition coefficient (Wildman–Crippen LogP) is 2.29. The standard InChI is InChI=1S/C10H11NO/c1-8(2)9-3-5-10(6-4-9)11-7-12/h3-7H,1H2,2H3,(H,11,12). The van der Waals surface area contributed by atoms with Crippen LogP contribution in [0.4, 0.5) is 5.69 Å². The van der Waals surface area contributed by atoms with Crippen LogP contribution in [0, 0.1) is 0 Å². The van der Waals surface area contributed by atoms with Gasteiger partial charge in [0.05, 0.1) is 0 Å². The molecule has 0 heterocycles. The highest BCUT2D eigenvalue weighted by Gasteiger charge is 1.92. The second-order valence-corrected chi connectivity index (χ2v) is 2.62. The molecule has 0 aliphatic heterocycles. The topological polar surface area (TPSA) is 29.1 Å². The van der Waals surface area contributed by atoms with Gasteiger partial charge in [-0.25, -0.2) is 0 Å². The van der Waals surface area contributed by atoms with Crippen LogP contribution in [0.15, 0.2) is 30.8 Å². The second kappa shape index (κ2) is 3.72. The first-order chi connectivity index (χ1) is 5.74. The summed E-state index contributed by atoms with van der Waals surface area (Å²) in [5.74, 6) is 0. The first-order valence-corrected chi connectivity index (χ1v) is 3.70. The molecule has 0 fully saturated rings. The predicted molar refractivity (Wildman–Crippen MR) is 50.8 cm³/mol. The Balaban J connectivity index is 2.85. The summed E-state index contributed by atoms with van der Waals surface area (Å²) >= 11 is 0. The molecule has 0 radical (unpaired) electrons. The number of amides is 1. The van der Waals surface area contributed by atoms with Crippen LogP contribution in [0.5, 0.6) is 0 Å². The summed E-state index contributed by atoms with van der Waals surface area (Å²) in [4.78, 5) is 10.1. The van der Waals surface area contributed by atoms with Gasteiger partial charge in [0.25, 0.3) is 0 Å².